The highest BCUT2D eigenvalue weighted by molar-refractivity contribution is 6.09. The molecule has 2 N–H and O–H groups in total. The van der Waals surface area contributed by atoms with Crippen molar-refractivity contribution in [2.75, 3.05) is 18.4 Å². The van der Waals surface area contributed by atoms with Crippen molar-refractivity contribution in [1.82, 2.24) is 15.1 Å². The number of aromatic nitrogens is 2. The van der Waals surface area contributed by atoms with Crippen molar-refractivity contribution in [3.8, 4) is 0 Å². The van der Waals surface area contributed by atoms with Gasteiger partial charge in [0.1, 0.15) is 0 Å². The molecule has 1 aliphatic carbocycles. The molecule has 4 aromatic rings. The van der Waals surface area contributed by atoms with Crippen LogP contribution < -0.4 is 5.32 Å². The first-order valence-electron chi connectivity index (χ1n) is 12.5. The van der Waals surface area contributed by atoms with E-state index in [4.69, 9.17) is 0 Å². The number of amides is 1. The Kier molecular flexibility index (Phi) is 5.30. The van der Waals surface area contributed by atoms with Crippen molar-refractivity contribution >= 4 is 34.6 Å². The van der Waals surface area contributed by atoms with Crippen LogP contribution in [0, 0.1) is 0 Å². The predicted molar refractivity (Wildman–Crippen MR) is 142 cm³/mol. The second-order valence-electron chi connectivity index (χ2n) is 9.68. The minimum atomic E-state index is -0.412. The van der Waals surface area contributed by atoms with Gasteiger partial charge in [0.25, 0.3) is 0 Å². The van der Waals surface area contributed by atoms with Crippen LogP contribution in [0.2, 0.25) is 0 Å². The van der Waals surface area contributed by atoms with Crippen molar-refractivity contribution in [2.24, 2.45) is 0 Å². The Balaban J connectivity index is 1.20. The lowest BCUT2D eigenvalue weighted by molar-refractivity contribution is -0.118. The lowest BCUT2D eigenvalue weighted by Crippen LogP contribution is -2.21. The van der Waals surface area contributed by atoms with Crippen LogP contribution in [0.3, 0.4) is 0 Å². The molecule has 2 atom stereocenters. The van der Waals surface area contributed by atoms with Crippen LogP contribution in [0.4, 0.5) is 5.69 Å². The molecule has 5 heteroatoms. The third-order valence-electron chi connectivity index (χ3n) is 7.75. The molecule has 1 aliphatic heterocycles. The summed E-state index contributed by atoms with van der Waals surface area (Å²) < 4.78 is 0. The first-order valence-corrected chi connectivity index (χ1v) is 12.5. The van der Waals surface area contributed by atoms with Crippen LogP contribution >= 0.6 is 0 Å². The maximum absolute atomic E-state index is 12.8. The van der Waals surface area contributed by atoms with Gasteiger partial charge in [-0.05, 0) is 60.0 Å². The molecule has 1 aromatic heterocycles. The number of nitrogens with one attached hydrogen (secondary N) is 2. The zero-order valence-corrected chi connectivity index (χ0v) is 20.2. The molecular formula is C30H30N4O. The molecule has 2 unspecified atom stereocenters. The van der Waals surface area contributed by atoms with Gasteiger partial charge in [-0.15, -0.1) is 0 Å². The minimum Gasteiger partial charge on any atom is -0.325 e. The number of nitrogens with zero attached hydrogens (tertiary/aromatic N) is 2. The fraction of sp³-hybridized carbons (Fsp3) is 0.267. The summed E-state index contributed by atoms with van der Waals surface area (Å²) in [6, 6.07) is 23.3. The van der Waals surface area contributed by atoms with Gasteiger partial charge in [0, 0.05) is 23.5 Å². The lowest BCUT2D eigenvalue weighted by Gasteiger charge is -2.17. The van der Waals surface area contributed by atoms with Gasteiger partial charge >= 0.3 is 0 Å². The van der Waals surface area contributed by atoms with E-state index in [9.17, 15) is 4.79 Å². The SMILES string of the molecule is CCN(CC)Cc1ccc(C=Cc2n[nH]c3cc(C4CC45C(=O)Nc4ccccc45)ccc23)cc1. The number of carbonyl (C=O) groups excluding carboxylic acids is 1. The molecule has 0 saturated heterocycles. The van der Waals surface area contributed by atoms with Crippen molar-refractivity contribution < 1.29 is 4.79 Å². The van der Waals surface area contributed by atoms with Gasteiger partial charge in [0.2, 0.25) is 5.91 Å². The number of anilines is 1. The van der Waals surface area contributed by atoms with Crippen molar-refractivity contribution in [3.63, 3.8) is 0 Å². The summed E-state index contributed by atoms with van der Waals surface area (Å²) in [6.07, 6.45) is 5.03. The summed E-state index contributed by atoms with van der Waals surface area (Å²) in [5.41, 5.74) is 7.28. The largest absolute Gasteiger partial charge is 0.325 e. The molecule has 1 amide bonds. The summed E-state index contributed by atoms with van der Waals surface area (Å²) in [5, 5.41) is 11.9. The second kappa shape index (κ2) is 8.51. The van der Waals surface area contributed by atoms with E-state index in [1.54, 1.807) is 0 Å². The van der Waals surface area contributed by atoms with Gasteiger partial charge < -0.3 is 5.32 Å². The van der Waals surface area contributed by atoms with E-state index in [1.165, 1.54) is 11.1 Å². The lowest BCUT2D eigenvalue weighted by atomic mass is 9.92. The van der Waals surface area contributed by atoms with Crippen molar-refractivity contribution in [1.29, 1.82) is 0 Å². The number of para-hydroxylation sites is 1. The molecule has 0 bridgehead atoms. The van der Waals surface area contributed by atoms with E-state index in [0.717, 1.165) is 59.5 Å². The fourth-order valence-corrected chi connectivity index (χ4v) is 5.57. The average Bonchev–Trinajstić information content (AvgIpc) is 3.43. The highest BCUT2D eigenvalue weighted by Gasteiger charge is 2.65. The third kappa shape index (κ3) is 3.67. The molecule has 176 valence electrons. The molecule has 2 heterocycles. The topological polar surface area (TPSA) is 61.0 Å². The first-order chi connectivity index (χ1) is 17.1. The van der Waals surface area contributed by atoms with Gasteiger partial charge in [-0.3, -0.25) is 14.8 Å². The van der Waals surface area contributed by atoms with Crippen LogP contribution in [0.1, 0.15) is 54.1 Å². The van der Waals surface area contributed by atoms with Crippen LogP contribution in [-0.4, -0.2) is 34.1 Å². The van der Waals surface area contributed by atoms with E-state index in [2.05, 4.69) is 94.9 Å². The molecule has 35 heavy (non-hydrogen) atoms. The molecule has 0 radical (unpaired) electrons. The smallest absolute Gasteiger partial charge is 0.235 e. The predicted octanol–water partition coefficient (Wildman–Crippen LogP) is 5.95. The van der Waals surface area contributed by atoms with Crippen molar-refractivity contribution in [2.45, 2.75) is 38.1 Å². The number of hydrogen-bond acceptors (Lipinski definition) is 3. The zero-order chi connectivity index (χ0) is 24.0. The van der Waals surface area contributed by atoms with Crippen molar-refractivity contribution in [3.05, 3.63) is 94.7 Å². The number of rotatable bonds is 7. The highest BCUT2D eigenvalue weighted by atomic mass is 16.2. The van der Waals surface area contributed by atoms with E-state index in [1.807, 2.05) is 18.2 Å². The molecule has 2 aliphatic rings. The van der Waals surface area contributed by atoms with Crippen LogP contribution in [0.15, 0.2) is 66.7 Å². The maximum atomic E-state index is 12.8. The van der Waals surface area contributed by atoms with E-state index >= 15 is 0 Å². The Bertz CT molecular complexity index is 1430. The van der Waals surface area contributed by atoms with Crippen LogP contribution in [-0.2, 0) is 16.8 Å². The normalized spacial score (nSPS) is 20.8. The summed E-state index contributed by atoms with van der Waals surface area (Å²) in [7, 11) is 0. The van der Waals surface area contributed by atoms with E-state index < -0.39 is 5.41 Å². The van der Waals surface area contributed by atoms with E-state index in [0.29, 0.717) is 0 Å². The monoisotopic (exact) mass is 462 g/mol. The zero-order valence-electron chi connectivity index (χ0n) is 20.2. The molecule has 1 saturated carbocycles. The standard InChI is InChI=1S/C30H30N4O/c1-3-34(4-2)19-21-11-9-20(10-12-21)13-16-26-23-15-14-22(17-28(23)33-32-26)25-18-30(25)24-7-5-6-8-27(24)31-29(30)35/h5-17,25H,3-4,18-19H2,1-2H3,(H,31,35)(H,32,33). The third-order valence-corrected chi connectivity index (χ3v) is 7.75. The molecule has 1 spiro atoms. The summed E-state index contributed by atoms with van der Waals surface area (Å²) in [4.78, 5) is 15.3. The quantitative estimate of drug-likeness (QED) is 0.357. The fourth-order valence-electron chi connectivity index (χ4n) is 5.57. The number of fused-ring (bicyclic) bond motifs is 3. The van der Waals surface area contributed by atoms with Gasteiger partial charge in [-0.1, -0.05) is 74.5 Å². The Morgan fingerprint density at radius 3 is 2.63 bits per heavy atom. The number of H-pyrrole nitrogens is 1. The molecule has 6 rings (SSSR count). The van der Waals surface area contributed by atoms with Gasteiger partial charge in [-0.25, -0.2) is 0 Å². The number of hydrogen-bond donors (Lipinski definition) is 2. The molecule has 3 aromatic carbocycles. The Hall–Kier alpha value is -3.70. The van der Waals surface area contributed by atoms with Gasteiger partial charge in [-0.2, -0.15) is 5.10 Å². The minimum absolute atomic E-state index is 0.125. The second-order valence-corrected chi connectivity index (χ2v) is 9.68. The Morgan fingerprint density at radius 1 is 1.03 bits per heavy atom. The Morgan fingerprint density at radius 2 is 1.83 bits per heavy atom. The van der Waals surface area contributed by atoms with Crippen LogP contribution in [0.5, 0.6) is 0 Å². The summed E-state index contributed by atoms with van der Waals surface area (Å²) in [6.45, 7) is 7.51. The molecule has 5 nitrogen and oxygen atoms in total. The number of aromatic amines is 1. The van der Waals surface area contributed by atoms with E-state index in [-0.39, 0.29) is 11.8 Å². The van der Waals surface area contributed by atoms with Crippen LogP contribution in [0.25, 0.3) is 23.1 Å². The van der Waals surface area contributed by atoms with Gasteiger partial charge in [0.05, 0.1) is 16.6 Å². The molecule has 1 fully saturated rings. The maximum Gasteiger partial charge on any atom is 0.235 e. The highest BCUT2D eigenvalue weighted by Crippen LogP contribution is 2.64. The average molecular weight is 463 g/mol. The number of carbonyl (C=O) groups is 1. The molecular weight excluding hydrogens is 432 g/mol. The number of benzene rings is 3. The first kappa shape index (κ1) is 21.8. The summed E-state index contributed by atoms with van der Waals surface area (Å²) >= 11 is 0. The van der Waals surface area contributed by atoms with Gasteiger partial charge in [0.15, 0.2) is 0 Å². The summed E-state index contributed by atoms with van der Waals surface area (Å²) in [5.74, 6) is 0.327. The Labute approximate surface area is 205 Å².